The van der Waals surface area contributed by atoms with Crippen LogP contribution < -0.4 is 10.1 Å². The van der Waals surface area contributed by atoms with Gasteiger partial charge >= 0.3 is 0 Å². The number of ether oxygens (including phenoxy) is 1. The summed E-state index contributed by atoms with van der Waals surface area (Å²) in [7, 11) is -3.63. The highest BCUT2D eigenvalue weighted by molar-refractivity contribution is 7.89. The molecule has 0 saturated carbocycles. The van der Waals surface area contributed by atoms with E-state index in [0.717, 1.165) is 0 Å². The van der Waals surface area contributed by atoms with Crippen molar-refractivity contribution in [1.82, 2.24) is 9.29 Å². The summed E-state index contributed by atoms with van der Waals surface area (Å²) < 4.78 is 32.9. The van der Waals surface area contributed by atoms with Crippen molar-refractivity contribution in [3.05, 3.63) is 78.1 Å². The molecule has 0 fully saturated rings. The quantitative estimate of drug-likeness (QED) is 0.560. The van der Waals surface area contributed by atoms with E-state index >= 15 is 0 Å². The summed E-state index contributed by atoms with van der Waals surface area (Å²) >= 11 is 0. The van der Waals surface area contributed by atoms with Gasteiger partial charge in [-0.15, -0.1) is 0 Å². The number of hydrogen-bond acceptors (Lipinski definition) is 5. The molecule has 0 bridgehead atoms. The van der Waals surface area contributed by atoms with Crippen LogP contribution in [0.4, 0.5) is 5.69 Å². The Kier molecular flexibility index (Phi) is 7.04. The van der Waals surface area contributed by atoms with E-state index in [-0.39, 0.29) is 10.8 Å². The van der Waals surface area contributed by atoms with Gasteiger partial charge in [0.25, 0.3) is 5.91 Å². The largest absolute Gasteiger partial charge is 0.456 e. The van der Waals surface area contributed by atoms with Gasteiger partial charge in [0.15, 0.2) is 0 Å². The molecule has 8 heteroatoms. The first kappa shape index (κ1) is 22.5. The Morgan fingerprint density at radius 3 is 2.35 bits per heavy atom. The van der Waals surface area contributed by atoms with Gasteiger partial charge in [0.2, 0.25) is 10.0 Å². The summed E-state index contributed by atoms with van der Waals surface area (Å²) in [4.78, 5) is 16.8. The summed E-state index contributed by atoms with van der Waals surface area (Å²) in [5, 5.41) is 2.77. The zero-order valence-electron chi connectivity index (χ0n) is 17.7. The molecule has 7 nitrogen and oxygen atoms in total. The van der Waals surface area contributed by atoms with Gasteiger partial charge in [0.1, 0.15) is 11.5 Å². The molecular weight excluding hydrogens is 414 g/mol. The van der Waals surface area contributed by atoms with Gasteiger partial charge in [-0.05, 0) is 61.0 Å². The number of aryl methyl sites for hydroxylation is 1. The summed E-state index contributed by atoms with van der Waals surface area (Å²) in [6, 6.07) is 15.1. The predicted molar refractivity (Wildman–Crippen MR) is 120 cm³/mol. The number of nitrogens with zero attached hydrogens (tertiary/aromatic N) is 2. The Labute approximate surface area is 182 Å². The third kappa shape index (κ3) is 5.28. The fourth-order valence-corrected chi connectivity index (χ4v) is 4.79. The van der Waals surface area contributed by atoms with E-state index in [4.69, 9.17) is 4.74 Å². The van der Waals surface area contributed by atoms with Crippen molar-refractivity contribution in [2.45, 2.75) is 25.7 Å². The molecule has 0 unspecified atom stereocenters. The van der Waals surface area contributed by atoms with Crippen LogP contribution in [0.1, 0.15) is 29.8 Å². The number of carbonyl (C=O) groups excluding carboxylic acids is 1. The zero-order chi connectivity index (χ0) is 22.4. The summed E-state index contributed by atoms with van der Waals surface area (Å²) in [6.07, 6.45) is 3.26. The normalized spacial score (nSPS) is 11.4. The molecule has 1 N–H and O–H groups in total. The average Bonchev–Trinajstić information content (AvgIpc) is 2.77. The number of benzene rings is 2. The van der Waals surface area contributed by atoms with E-state index in [9.17, 15) is 13.2 Å². The van der Waals surface area contributed by atoms with E-state index in [1.54, 1.807) is 81.7 Å². The van der Waals surface area contributed by atoms with Crippen molar-refractivity contribution in [2.75, 3.05) is 18.4 Å². The molecule has 162 valence electrons. The molecule has 3 aromatic rings. The zero-order valence-corrected chi connectivity index (χ0v) is 18.5. The van der Waals surface area contributed by atoms with E-state index < -0.39 is 10.0 Å². The molecule has 0 aliphatic heterocycles. The molecule has 0 atom stereocenters. The van der Waals surface area contributed by atoms with E-state index in [1.165, 1.54) is 10.4 Å². The molecule has 0 aliphatic carbocycles. The van der Waals surface area contributed by atoms with Crippen LogP contribution >= 0.6 is 0 Å². The average molecular weight is 440 g/mol. The number of aromatic nitrogens is 1. The first-order chi connectivity index (χ1) is 14.8. The maximum absolute atomic E-state index is 12.9. The van der Waals surface area contributed by atoms with E-state index in [1.807, 2.05) is 0 Å². The van der Waals surface area contributed by atoms with Gasteiger partial charge in [-0.3, -0.25) is 9.78 Å². The van der Waals surface area contributed by atoms with Crippen LogP contribution in [0.5, 0.6) is 11.5 Å². The number of carbonyl (C=O) groups is 1. The monoisotopic (exact) mass is 439 g/mol. The summed E-state index contributed by atoms with van der Waals surface area (Å²) in [5.74, 6) is 0.830. The maximum Gasteiger partial charge on any atom is 0.255 e. The first-order valence-electron chi connectivity index (χ1n) is 9.95. The Morgan fingerprint density at radius 2 is 1.74 bits per heavy atom. The molecule has 0 aliphatic rings. The number of amides is 1. The van der Waals surface area contributed by atoms with Crippen LogP contribution in [-0.4, -0.2) is 36.7 Å². The molecule has 1 heterocycles. The van der Waals surface area contributed by atoms with Crippen molar-refractivity contribution >= 4 is 21.6 Å². The van der Waals surface area contributed by atoms with Crippen molar-refractivity contribution in [1.29, 1.82) is 0 Å². The highest BCUT2D eigenvalue weighted by Gasteiger charge is 2.24. The highest BCUT2D eigenvalue weighted by Crippen LogP contribution is 2.25. The SMILES string of the molecule is CCN(CC)S(=O)(=O)c1cc(NC(=O)c2ccc(Oc3cccnc3)cc2)ccc1C. The number of pyridine rings is 1. The van der Waals surface area contributed by atoms with Gasteiger partial charge in [-0.2, -0.15) is 4.31 Å². The summed E-state index contributed by atoms with van der Waals surface area (Å²) in [5.41, 5.74) is 1.46. The van der Waals surface area contributed by atoms with Crippen LogP contribution in [0.25, 0.3) is 0 Å². The van der Waals surface area contributed by atoms with Crippen LogP contribution in [0.15, 0.2) is 71.9 Å². The van der Waals surface area contributed by atoms with Gasteiger partial charge in [-0.1, -0.05) is 19.9 Å². The predicted octanol–water partition coefficient (Wildman–Crippen LogP) is 4.47. The minimum atomic E-state index is -3.63. The fourth-order valence-electron chi connectivity index (χ4n) is 3.08. The third-order valence-electron chi connectivity index (χ3n) is 4.76. The van der Waals surface area contributed by atoms with Gasteiger partial charge < -0.3 is 10.1 Å². The smallest absolute Gasteiger partial charge is 0.255 e. The lowest BCUT2D eigenvalue weighted by molar-refractivity contribution is 0.102. The number of sulfonamides is 1. The van der Waals surface area contributed by atoms with Crippen LogP contribution in [0, 0.1) is 6.92 Å². The minimum absolute atomic E-state index is 0.189. The lowest BCUT2D eigenvalue weighted by Gasteiger charge is -2.20. The highest BCUT2D eigenvalue weighted by atomic mass is 32.2. The molecule has 1 aromatic heterocycles. The van der Waals surface area contributed by atoms with Crippen molar-refractivity contribution < 1.29 is 17.9 Å². The second kappa shape index (κ2) is 9.72. The second-order valence-corrected chi connectivity index (χ2v) is 8.75. The fraction of sp³-hybridized carbons (Fsp3) is 0.217. The topological polar surface area (TPSA) is 88.6 Å². The van der Waals surface area contributed by atoms with Crippen molar-refractivity contribution in [3.63, 3.8) is 0 Å². The lowest BCUT2D eigenvalue weighted by atomic mass is 10.2. The van der Waals surface area contributed by atoms with Gasteiger partial charge in [-0.25, -0.2) is 8.42 Å². The third-order valence-corrected chi connectivity index (χ3v) is 6.95. The minimum Gasteiger partial charge on any atom is -0.456 e. The Bertz CT molecular complexity index is 1140. The molecule has 3 rings (SSSR count). The molecule has 1 amide bonds. The maximum atomic E-state index is 12.9. The Balaban J connectivity index is 1.76. The van der Waals surface area contributed by atoms with E-state index in [0.29, 0.717) is 41.4 Å². The summed E-state index contributed by atoms with van der Waals surface area (Å²) in [6.45, 7) is 6.08. The first-order valence-corrected chi connectivity index (χ1v) is 11.4. The molecule has 31 heavy (non-hydrogen) atoms. The standard InChI is InChI=1S/C23H25N3O4S/c1-4-26(5-2)31(28,29)22-15-19(11-8-17(22)3)25-23(27)18-9-12-20(13-10-18)30-21-7-6-14-24-16-21/h6-16H,4-5H2,1-3H3,(H,25,27). The molecule has 0 spiro atoms. The molecule has 0 radical (unpaired) electrons. The number of anilines is 1. The number of nitrogens with one attached hydrogen (secondary N) is 1. The number of hydrogen-bond donors (Lipinski definition) is 1. The van der Waals surface area contributed by atoms with Crippen LogP contribution in [0.3, 0.4) is 0 Å². The van der Waals surface area contributed by atoms with E-state index in [2.05, 4.69) is 10.3 Å². The van der Waals surface area contributed by atoms with Crippen molar-refractivity contribution in [2.24, 2.45) is 0 Å². The lowest BCUT2D eigenvalue weighted by Crippen LogP contribution is -2.31. The van der Waals surface area contributed by atoms with Crippen LogP contribution in [0.2, 0.25) is 0 Å². The van der Waals surface area contributed by atoms with Crippen molar-refractivity contribution in [3.8, 4) is 11.5 Å². The van der Waals surface area contributed by atoms with Crippen LogP contribution in [-0.2, 0) is 10.0 Å². The Morgan fingerprint density at radius 1 is 1.03 bits per heavy atom. The van der Waals surface area contributed by atoms with Gasteiger partial charge in [0, 0.05) is 30.5 Å². The second-order valence-electron chi connectivity index (χ2n) is 6.84. The van der Waals surface area contributed by atoms with Gasteiger partial charge in [0.05, 0.1) is 11.1 Å². The molecule has 0 saturated heterocycles. The molecular formula is C23H25N3O4S. The molecule has 2 aromatic carbocycles. The Hall–Kier alpha value is -3.23. The number of rotatable bonds is 8.